The van der Waals surface area contributed by atoms with E-state index in [1.54, 1.807) is 18.2 Å². The van der Waals surface area contributed by atoms with Crippen molar-refractivity contribution in [3.05, 3.63) is 166 Å². The van der Waals surface area contributed by atoms with Gasteiger partial charge in [0.25, 0.3) is 0 Å². The number of fused-ring (bicyclic) bond motifs is 6. The molecule has 3 nitrogen and oxygen atoms in total. The van der Waals surface area contributed by atoms with Crippen molar-refractivity contribution < 1.29 is 26.3 Å². The predicted octanol–water partition coefficient (Wildman–Crippen LogP) is 14.4. The van der Waals surface area contributed by atoms with Crippen molar-refractivity contribution in [1.82, 2.24) is 9.13 Å². The van der Waals surface area contributed by atoms with Crippen molar-refractivity contribution >= 4 is 43.6 Å². The largest absolute Gasteiger partial charge is 0.417 e. The van der Waals surface area contributed by atoms with E-state index >= 15 is 0 Å². The fraction of sp³-hybridized carbons (Fsp3) is 0.122. The summed E-state index contributed by atoms with van der Waals surface area (Å²) in [5.41, 5.74) is 5.75. The van der Waals surface area contributed by atoms with Crippen LogP contribution < -0.4 is 0 Å². The van der Waals surface area contributed by atoms with Crippen LogP contribution in [0.25, 0.3) is 77.2 Å². The number of halogens is 6. The smallest absolute Gasteiger partial charge is 0.309 e. The molecule has 7 aromatic carbocycles. The maximum Gasteiger partial charge on any atom is 0.417 e. The van der Waals surface area contributed by atoms with E-state index in [4.69, 9.17) is 0 Å². The Hall–Kier alpha value is -6.79. The predicted molar refractivity (Wildman–Crippen MR) is 220 cm³/mol. The molecule has 0 saturated heterocycles. The summed E-state index contributed by atoms with van der Waals surface area (Å²) in [7, 11) is 0. The molecule has 0 bridgehead atoms. The molecule has 2 heterocycles. The van der Waals surface area contributed by atoms with Gasteiger partial charge < -0.3 is 9.13 Å². The minimum atomic E-state index is -5.08. The van der Waals surface area contributed by atoms with Gasteiger partial charge in [-0.05, 0) is 118 Å². The molecule has 0 aliphatic heterocycles. The molecule has 9 heteroatoms. The summed E-state index contributed by atoms with van der Waals surface area (Å²) < 4.78 is 92.2. The first-order valence-electron chi connectivity index (χ1n) is 18.6. The van der Waals surface area contributed by atoms with Crippen LogP contribution in [-0.4, -0.2) is 9.13 Å². The molecule has 0 fully saturated rings. The average Bonchev–Trinajstić information content (AvgIpc) is 3.67. The quantitative estimate of drug-likeness (QED) is 0.164. The zero-order chi connectivity index (χ0) is 40.8. The lowest BCUT2D eigenvalue weighted by atomic mass is 9.90. The first-order valence-corrected chi connectivity index (χ1v) is 18.6. The minimum Gasteiger partial charge on any atom is -0.309 e. The number of nitrogens with zero attached hydrogens (tertiary/aromatic N) is 3. The van der Waals surface area contributed by atoms with Crippen molar-refractivity contribution in [3.63, 3.8) is 0 Å². The summed E-state index contributed by atoms with van der Waals surface area (Å²) in [5, 5.41) is 14.0. The molecule has 0 amide bonds. The van der Waals surface area contributed by atoms with E-state index in [1.165, 1.54) is 12.1 Å². The van der Waals surface area contributed by atoms with Gasteiger partial charge in [0.15, 0.2) is 0 Å². The number of benzene rings is 7. The van der Waals surface area contributed by atoms with Crippen LogP contribution in [0.5, 0.6) is 0 Å². The van der Waals surface area contributed by atoms with Crippen LogP contribution >= 0.6 is 0 Å². The van der Waals surface area contributed by atoms with Crippen molar-refractivity contribution in [2.45, 2.75) is 40.0 Å². The summed E-state index contributed by atoms with van der Waals surface area (Å²) >= 11 is 0. The Morgan fingerprint density at radius 1 is 0.448 bits per heavy atom. The van der Waals surface area contributed by atoms with E-state index in [0.717, 1.165) is 60.9 Å². The molecule has 286 valence electrons. The van der Waals surface area contributed by atoms with E-state index < -0.39 is 29.0 Å². The molecule has 0 aliphatic carbocycles. The van der Waals surface area contributed by atoms with Gasteiger partial charge in [0.05, 0.1) is 56.2 Å². The first kappa shape index (κ1) is 36.8. The van der Waals surface area contributed by atoms with Gasteiger partial charge in [0.2, 0.25) is 0 Å². The zero-order valence-electron chi connectivity index (χ0n) is 31.7. The van der Waals surface area contributed by atoms with Crippen molar-refractivity contribution in [1.29, 1.82) is 5.26 Å². The normalized spacial score (nSPS) is 12.3. The van der Waals surface area contributed by atoms with Crippen LogP contribution in [0, 0.1) is 39.0 Å². The molecule has 0 aliphatic rings. The van der Waals surface area contributed by atoms with Gasteiger partial charge in [0, 0.05) is 38.2 Å². The second-order valence-electron chi connectivity index (χ2n) is 15.1. The highest BCUT2D eigenvalue weighted by molar-refractivity contribution is 6.12. The van der Waals surface area contributed by atoms with Crippen LogP contribution in [0.2, 0.25) is 0 Å². The first-order chi connectivity index (χ1) is 27.6. The number of alkyl halides is 6. The Balaban J connectivity index is 1.46. The molecule has 0 radical (unpaired) electrons. The molecule has 0 unspecified atom stereocenters. The highest BCUT2D eigenvalue weighted by atomic mass is 19.4. The molecule has 0 saturated carbocycles. The van der Waals surface area contributed by atoms with Gasteiger partial charge in [-0.15, -0.1) is 0 Å². The summed E-state index contributed by atoms with van der Waals surface area (Å²) in [6, 6.07) is 38.2. The highest BCUT2D eigenvalue weighted by Gasteiger charge is 2.41. The molecule has 0 atom stereocenters. The van der Waals surface area contributed by atoms with Crippen LogP contribution in [-0.2, 0) is 12.4 Å². The van der Waals surface area contributed by atoms with Crippen LogP contribution in [0.15, 0.2) is 127 Å². The van der Waals surface area contributed by atoms with Crippen molar-refractivity contribution in [2.24, 2.45) is 0 Å². The lowest BCUT2D eigenvalue weighted by Crippen LogP contribution is -2.14. The zero-order valence-corrected chi connectivity index (χ0v) is 31.7. The highest BCUT2D eigenvalue weighted by Crippen LogP contribution is 2.48. The third-order valence-corrected chi connectivity index (χ3v) is 11.0. The lowest BCUT2D eigenvalue weighted by molar-refractivity contribution is -0.142. The second-order valence-corrected chi connectivity index (χ2v) is 15.1. The topological polar surface area (TPSA) is 33.6 Å². The SMILES string of the molecule is Cc1ccc2c(c1)c1cc(C)ccc1n2-c1ccc(C#N)cc1-c1ccc(-c2c(C(F)(F)F)cccc2C(F)(F)F)cc1-n1c2ccc(C)cc2c2cc(C)ccc21. The summed E-state index contributed by atoms with van der Waals surface area (Å²) in [4.78, 5) is 0. The molecular weight excluding hydrogens is 745 g/mol. The Labute approximate surface area is 329 Å². The molecule has 9 rings (SSSR count). The fourth-order valence-electron chi connectivity index (χ4n) is 8.47. The van der Waals surface area contributed by atoms with E-state index in [0.29, 0.717) is 51.2 Å². The van der Waals surface area contributed by atoms with Gasteiger partial charge >= 0.3 is 12.4 Å². The lowest BCUT2D eigenvalue weighted by Gasteiger charge is -2.22. The Morgan fingerprint density at radius 2 is 0.879 bits per heavy atom. The summed E-state index contributed by atoms with van der Waals surface area (Å²) in [6.45, 7) is 7.97. The van der Waals surface area contributed by atoms with Gasteiger partial charge in [0.1, 0.15) is 0 Å². The van der Waals surface area contributed by atoms with E-state index in [2.05, 4.69) is 22.8 Å². The molecule has 0 N–H and O–H groups in total. The third kappa shape index (κ3) is 5.90. The Morgan fingerprint density at radius 3 is 1.29 bits per heavy atom. The molecular formula is C49H33F6N3. The molecule has 2 aromatic heterocycles. The number of aryl methyl sites for hydroxylation is 4. The van der Waals surface area contributed by atoms with E-state index in [-0.39, 0.29) is 5.56 Å². The summed E-state index contributed by atoms with van der Waals surface area (Å²) in [5.74, 6) is 0. The Kier molecular flexibility index (Phi) is 8.34. The minimum absolute atomic E-state index is 0.256. The number of rotatable bonds is 4. The monoisotopic (exact) mass is 777 g/mol. The molecule has 0 spiro atoms. The van der Waals surface area contributed by atoms with Crippen LogP contribution in [0.3, 0.4) is 0 Å². The summed E-state index contributed by atoms with van der Waals surface area (Å²) in [6.07, 6.45) is -10.2. The number of nitriles is 1. The maximum atomic E-state index is 14.7. The number of hydrogen-bond acceptors (Lipinski definition) is 1. The number of hydrogen-bond donors (Lipinski definition) is 0. The van der Waals surface area contributed by atoms with Gasteiger partial charge in [-0.1, -0.05) is 64.7 Å². The van der Waals surface area contributed by atoms with Gasteiger partial charge in [-0.3, -0.25) is 0 Å². The second kappa shape index (κ2) is 13.1. The van der Waals surface area contributed by atoms with Crippen LogP contribution in [0.4, 0.5) is 26.3 Å². The standard InChI is InChI=1S/C49H33F6N3/c1-27-8-15-41-34(20-27)35-21-28(2)9-16-42(35)57(41)45-19-12-31(26-56)24-38(45)33-14-13-32(47-39(48(50,51)52)6-5-7-40(47)49(53,54)55)25-46(33)58-43-17-10-29(3)22-36(43)37-23-30(4)11-18-44(37)58/h5-25H,1-4H3. The van der Waals surface area contributed by atoms with Crippen molar-refractivity contribution in [2.75, 3.05) is 0 Å². The molecule has 58 heavy (non-hydrogen) atoms. The van der Waals surface area contributed by atoms with E-state index in [9.17, 15) is 31.6 Å². The Bertz CT molecular complexity index is 3060. The molecule has 9 aromatic rings. The van der Waals surface area contributed by atoms with Gasteiger partial charge in [-0.25, -0.2) is 0 Å². The number of aromatic nitrogens is 2. The van der Waals surface area contributed by atoms with Gasteiger partial charge in [-0.2, -0.15) is 31.6 Å². The average molecular weight is 778 g/mol. The maximum absolute atomic E-state index is 14.7. The van der Waals surface area contributed by atoms with Crippen LogP contribution in [0.1, 0.15) is 38.9 Å². The fourth-order valence-corrected chi connectivity index (χ4v) is 8.47. The van der Waals surface area contributed by atoms with E-state index in [1.807, 2.05) is 99.0 Å². The third-order valence-electron chi connectivity index (χ3n) is 11.0. The van der Waals surface area contributed by atoms with Crippen molar-refractivity contribution in [3.8, 4) is 39.7 Å².